The Morgan fingerprint density at radius 2 is 1.73 bits per heavy atom. The average Bonchev–Trinajstić information content (AvgIpc) is 3.26. The van der Waals surface area contributed by atoms with Gasteiger partial charge in [0.25, 0.3) is 0 Å². The van der Waals surface area contributed by atoms with Gasteiger partial charge in [0.15, 0.2) is 0 Å². The normalized spacial score (nSPS) is 13.2. The molecule has 0 saturated heterocycles. The molecule has 0 saturated carbocycles. The molecule has 33 heavy (non-hydrogen) atoms. The summed E-state index contributed by atoms with van der Waals surface area (Å²) in [5, 5.41) is 12.0. The van der Waals surface area contributed by atoms with Crippen LogP contribution in [0.25, 0.3) is 0 Å². The summed E-state index contributed by atoms with van der Waals surface area (Å²) < 4.78 is 30.4. The zero-order valence-corrected chi connectivity index (χ0v) is 20.0. The van der Waals surface area contributed by atoms with Crippen molar-refractivity contribution in [3.63, 3.8) is 0 Å². The summed E-state index contributed by atoms with van der Waals surface area (Å²) in [7, 11) is -4.23. The Morgan fingerprint density at radius 3 is 2.36 bits per heavy atom. The minimum Gasteiger partial charge on any atom is -0.351 e. The molecule has 2 aromatic carbocycles. The van der Waals surface area contributed by atoms with Crippen LogP contribution in [0.4, 0.5) is 0 Å². The molecule has 0 bridgehead atoms. The summed E-state index contributed by atoms with van der Waals surface area (Å²) in [6.45, 7) is 2.03. The maximum atomic E-state index is 13.1. The molecule has 1 amide bonds. The van der Waals surface area contributed by atoms with Crippen LogP contribution >= 0.6 is 23.2 Å². The third-order valence-electron chi connectivity index (χ3n) is 5.06. The lowest BCUT2D eigenvalue weighted by Crippen LogP contribution is -2.47. The van der Waals surface area contributed by atoms with Crippen molar-refractivity contribution in [1.29, 1.82) is 5.26 Å². The van der Waals surface area contributed by atoms with Crippen molar-refractivity contribution in [2.45, 2.75) is 36.9 Å². The number of sulfonamides is 1. The Kier molecular flexibility index (Phi) is 8.16. The van der Waals surface area contributed by atoms with Crippen molar-refractivity contribution in [3.05, 3.63) is 88.2 Å². The quantitative estimate of drug-likeness (QED) is 0.453. The number of benzene rings is 2. The van der Waals surface area contributed by atoms with E-state index in [4.69, 9.17) is 23.2 Å². The predicted molar refractivity (Wildman–Crippen MR) is 127 cm³/mol. The van der Waals surface area contributed by atoms with E-state index in [1.165, 1.54) is 18.2 Å². The van der Waals surface area contributed by atoms with Gasteiger partial charge in [0.05, 0.1) is 10.0 Å². The van der Waals surface area contributed by atoms with Crippen molar-refractivity contribution in [1.82, 2.24) is 14.6 Å². The second-order valence-electron chi connectivity index (χ2n) is 7.43. The van der Waals surface area contributed by atoms with Crippen molar-refractivity contribution < 1.29 is 13.2 Å². The fourth-order valence-electron chi connectivity index (χ4n) is 3.43. The van der Waals surface area contributed by atoms with Crippen LogP contribution in [0, 0.1) is 11.3 Å². The lowest BCUT2D eigenvalue weighted by Gasteiger charge is -2.24. The van der Waals surface area contributed by atoms with E-state index in [1.54, 1.807) is 29.8 Å². The van der Waals surface area contributed by atoms with Gasteiger partial charge in [-0.25, -0.2) is 8.42 Å². The van der Waals surface area contributed by atoms with Crippen LogP contribution in [0.2, 0.25) is 10.0 Å². The Balaban J connectivity index is 1.87. The number of amides is 1. The third-order valence-corrected chi connectivity index (χ3v) is 7.48. The molecule has 1 heterocycles. The van der Waals surface area contributed by atoms with Crippen LogP contribution in [0.1, 0.15) is 30.6 Å². The Bertz CT molecular complexity index is 1250. The summed E-state index contributed by atoms with van der Waals surface area (Å²) in [6, 6.07) is 17.6. The minimum absolute atomic E-state index is 0.0522. The van der Waals surface area contributed by atoms with E-state index >= 15 is 0 Å². The first-order chi connectivity index (χ1) is 15.7. The smallest absolute Gasteiger partial charge is 0.244 e. The highest BCUT2D eigenvalue weighted by atomic mass is 35.5. The molecule has 0 fully saturated rings. The Hall–Kier alpha value is -2.83. The number of halogens is 2. The summed E-state index contributed by atoms with van der Waals surface area (Å²) >= 11 is 12.2. The fraction of sp³-hybridized carbons (Fsp3) is 0.217. The summed E-state index contributed by atoms with van der Waals surface area (Å²) in [4.78, 5) is 12.8. The van der Waals surface area contributed by atoms with Crippen LogP contribution in [-0.4, -0.2) is 24.9 Å². The summed E-state index contributed by atoms with van der Waals surface area (Å²) in [6.07, 6.45) is 1.80. The van der Waals surface area contributed by atoms with Gasteiger partial charge in [-0.1, -0.05) is 59.6 Å². The van der Waals surface area contributed by atoms with E-state index in [0.29, 0.717) is 5.69 Å². The van der Waals surface area contributed by atoms with Gasteiger partial charge < -0.3 is 9.88 Å². The van der Waals surface area contributed by atoms with Gasteiger partial charge in [-0.05, 0) is 43.2 Å². The van der Waals surface area contributed by atoms with E-state index in [0.717, 1.165) is 5.56 Å². The van der Waals surface area contributed by atoms with Gasteiger partial charge in [0, 0.05) is 18.8 Å². The van der Waals surface area contributed by atoms with Crippen LogP contribution in [0.3, 0.4) is 0 Å². The van der Waals surface area contributed by atoms with Crippen molar-refractivity contribution >= 4 is 39.1 Å². The molecule has 172 valence electrons. The van der Waals surface area contributed by atoms with Crippen molar-refractivity contribution in [3.8, 4) is 6.07 Å². The molecule has 0 radical (unpaired) electrons. The van der Waals surface area contributed by atoms with Gasteiger partial charge >= 0.3 is 0 Å². The largest absolute Gasteiger partial charge is 0.351 e. The molecular weight excluding hydrogens is 483 g/mol. The van der Waals surface area contributed by atoms with Crippen molar-refractivity contribution in [2.75, 3.05) is 0 Å². The molecule has 10 heteroatoms. The number of hydrogen-bond donors (Lipinski definition) is 2. The highest BCUT2D eigenvalue weighted by Crippen LogP contribution is 2.29. The number of nitrogens with zero attached hydrogens (tertiary/aromatic N) is 2. The van der Waals surface area contributed by atoms with Crippen LogP contribution < -0.4 is 10.0 Å². The Morgan fingerprint density at radius 1 is 1.06 bits per heavy atom. The molecule has 2 atom stereocenters. The SMILES string of the molecule is CC(CC(NS(=O)(=O)c1c(Cl)cccc1Cl)C(=O)NCc1ccccc1)n1cccc1C#N. The molecular formula is C23H22Cl2N4O3S. The molecule has 0 aliphatic carbocycles. The Labute approximate surface area is 203 Å². The standard InChI is InChI=1S/C23H22Cl2N4O3S/c1-16(29-12-6-9-18(29)14-26)13-21(23(30)27-15-17-7-3-2-4-8-17)28-33(31,32)22-19(24)10-5-11-20(22)25/h2-12,16,21,28H,13,15H2,1H3,(H,27,30). The van der Waals surface area contributed by atoms with Gasteiger partial charge in [-0.2, -0.15) is 9.98 Å². The second kappa shape index (κ2) is 10.9. The first-order valence-electron chi connectivity index (χ1n) is 10.1. The number of carbonyl (C=O) groups excluding carboxylic acids is 1. The first-order valence-corrected chi connectivity index (χ1v) is 12.3. The predicted octanol–water partition coefficient (Wildman–Crippen LogP) is 4.28. The van der Waals surface area contributed by atoms with E-state index in [-0.39, 0.29) is 33.9 Å². The summed E-state index contributed by atoms with van der Waals surface area (Å²) in [5.41, 5.74) is 1.27. The van der Waals surface area contributed by atoms with E-state index < -0.39 is 22.0 Å². The van der Waals surface area contributed by atoms with E-state index in [2.05, 4.69) is 16.1 Å². The number of nitrogens with one attached hydrogen (secondary N) is 2. The molecule has 3 aromatic rings. The first kappa shape index (κ1) is 24.8. The molecule has 1 aromatic heterocycles. The van der Waals surface area contributed by atoms with Crippen LogP contribution in [0.5, 0.6) is 0 Å². The number of rotatable bonds is 9. The van der Waals surface area contributed by atoms with Gasteiger partial charge in [-0.15, -0.1) is 0 Å². The number of hydrogen-bond acceptors (Lipinski definition) is 4. The molecule has 3 rings (SSSR count). The topological polar surface area (TPSA) is 104 Å². The molecule has 0 aliphatic rings. The highest BCUT2D eigenvalue weighted by molar-refractivity contribution is 7.89. The van der Waals surface area contributed by atoms with Gasteiger partial charge in [-0.3, -0.25) is 4.79 Å². The van der Waals surface area contributed by atoms with E-state index in [9.17, 15) is 18.5 Å². The zero-order chi connectivity index (χ0) is 24.0. The number of aromatic nitrogens is 1. The molecule has 2 N–H and O–H groups in total. The van der Waals surface area contributed by atoms with E-state index in [1.807, 2.05) is 30.3 Å². The molecule has 2 unspecified atom stereocenters. The van der Waals surface area contributed by atoms with Gasteiger partial charge in [0.1, 0.15) is 22.7 Å². The zero-order valence-electron chi connectivity index (χ0n) is 17.7. The molecule has 7 nitrogen and oxygen atoms in total. The lowest BCUT2D eigenvalue weighted by atomic mass is 10.1. The van der Waals surface area contributed by atoms with Crippen molar-refractivity contribution in [2.24, 2.45) is 0 Å². The molecule has 0 aliphatic heterocycles. The lowest BCUT2D eigenvalue weighted by molar-refractivity contribution is -0.123. The summed E-state index contributed by atoms with van der Waals surface area (Å²) in [5.74, 6) is -0.511. The molecule has 0 spiro atoms. The third kappa shape index (κ3) is 6.15. The minimum atomic E-state index is -4.23. The number of nitriles is 1. The van der Waals surface area contributed by atoms with Crippen LogP contribution in [0.15, 0.2) is 71.8 Å². The maximum absolute atomic E-state index is 13.1. The van der Waals surface area contributed by atoms with Crippen LogP contribution in [-0.2, 0) is 21.4 Å². The second-order valence-corrected chi connectivity index (χ2v) is 9.89. The average molecular weight is 505 g/mol. The number of carbonyl (C=O) groups is 1. The monoisotopic (exact) mass is 504 g/mol. The fourth-order valence-corrected chi connectivity index (χ4v) is 5.78. The maximum Gasteiger partial charge on any atom is 0.244 e. The van der Waals surface area contributed by atoms with Gasteiger partial charge in [0.2, 0.25) is 15.9 Å². The highest BCUT2D eigenvalue weighted by Gasteiger charge is 2.30.